The lowest BCUT2D eigenvalue weighted by atomic mass is 10.1. The van der Waals surface area contributed by atoms with Crippen molar-refractivity contribution in [3.8, 4) is 0 Å². The van der Waals surface area contributed by atoms with E-state index in [1.54, 1.807) is 29.6 Å². The number of rotatable bonds is 6. The summed E-state index contributed by atoms with van der Waals surface area (Å²) in [4.78, 5) is 28.5. The van der Waals surface area contributed by atoms with Gasteiger partial charge in [0.15, 0.2) is 10.6 Å². The van der Waals surface area contributed by atoms with Gasteiger partial charge in [0.25, 0.3) is 10.0 Å². The van der Waals surface area contributed by atoms with Gasteiger partial charge in [-0.25, -0.2) is 13.4 Å². The first kappa shape index (κ1) is 20.5. The normalized spacial score (nSPS) is 11.6. The molecule has 0 unspecified atom stereocenters. The summed E-state index contributed by atoms with van der Waals surface area (Å²) in [5.74, 6) is -0.482. The van der Waals surface area contributed by atoms with Crippen LogP contribution in [0.4, 0.5) is 10.8 Å². The van der Waals surface area contributed by atoms with Gasteiger partial charge >= 0.3 is 0 Å². The zero-order chi connectivity index (χ0) is 21.8. The van der Waals surface area contributed by atoms with Crippen LogP contribution in [0.3, 0.4) is 0 Å². The molecule has 8 nitrogen and oxygen atoms in total. The Morgan fingerprint density at radius 2 is 1.87 bits per heavy atom. The van der Waals surface area contributed by atoms with Gasteiger partial charge in [0.2, 0.25) is 5.91 Å². The average molecular weight is 454 g/mol. The van der Waals surface area contributed by atoms with Gasteiger partial charge in [-0.2, -0.15) is 0 Å². The monoisotopic (exact) mass is 453 g/mol. The number of benzene rings is 2. The zero-order valence-electron chi connectivity index (χ0n) is 15.8. The minimum Gasteiger partial charge on any atom is -0.463 e. The minimum absolute atomic E-state index is 0.0324. The molecule has 2 heterocycles. The third-order valence-electron chi connectivity index (χ3n) is 4.21. The van der Waals surface area contributed by atoms with Gasteiger partial charge in [0.1, 0.15) is 11.8 Å². The first-order valence-electron chi connectivity index (χ1n) is 8.94. The first-order valence-corrected chi connectivity index (χ1v) is 11.3. The number of fused-ring (bicyclic) bond motifs is 1. The van der Waals surface area contributed by atoms with Crippen molar-refractivity contribution in [3.63, 3.8) is 0 Å². The van der Waals surface area contributed by atoms with Crippen molar-refractivity contribution >= 4 is 55.1 Å². The lowest BCUT2D eigenvalue weighted by molar-refractivity contribution is -0.111. The van der Waals surface area contributed by atoms with E-state index >= 15 is 0 Å². The van der Waals surface area contributed by atoms with Gasteiger partial charge in [-0.3, -0.25) is 14.3 Å². The summed E-state index contributed by atoms with van der Waals surface area (Å²) in [6, 6.07) is 12.5. The van der Waals surface area contributed by atoms with Crippen molar-refractivity contribution in [2.75, 3.05) is 10.0 Å². The largest absolute Gasteiger partial charge is 0.463 e. The van der Waals surface area contributed by atoms with Gasteiger partial charge < -0.3 is 9.73 Å². The van der Waals surface area contributed by atoms with E-state index in [2.05, 4.69) is 15.0 Å². The number of hydrogen-bond donors (Lipinski definition) is 2. The topological polar surface area (TPSA) is 118 Å². The Morgan fingerprint density at radius 3 is 2.61 bits per heavy atom. The quantitative estimate of drug-likeness (QED) is 0.430. The second-order valence-electron chi connectivity index (χ2n) is 6.31. The van der Waals surface area contributed by atoms with E-state index in [9.17, 15) is 18.0 Å². The van der Waals surface area contributed by atoms with E-state index in [1.807, 2.05) is 0 Å². The fourth-order valence-corrected chi connectivity index (χ4v) is 4.51. The standard InChI is InChI=1S/C21H15N3O5S2/c25-19(10-5-14-13-29-18-4-2-1-3-17(18)20(14)26)23-15-6-8-16(9-7-15)31(27,28)24-21-22-11-12-30-21/h1-13H,(H,22,24)(H,23,25)/b10-5+. The van der Waals surface area contributed by atoms with E-state index in [0.29, 0.717) is 16.7 Å². The van der Waals surface area contributed by atoms with Crippen LogP contribution >= 0.6 is 11.3 Å². The van der Waals surface area contributed by atoms with Crippen molar-refractivity contribution < 1.29 is 17.6 Å². The number of anilines is 2. The van der Waals surface area contributed by atoms with Crippen molar-refractivity contribution in [1.29, 1.82) is 0 Å². The smallest absolute Gasteiger partial charge is 0.263 e. The number of carbonyl (C=O) groups excluding carboxylic acids is 1. The lowest BCUT2D eigenvalue weighted by Crippen LogP contribution is -2.13. The second-order valence-corrected chi connectivity index (χ2v) is 8.88. The molecule has 0 atom stereocenters. The molecule has 4 aromatic rings. The highest BCUT2D eigenvalue weighted by Gasteiger charge is 2.15. The van der Waals surface area contributed by atoms with Crippen LogP contribution in [-0.4, -0.2) is 19.3 Å². The summed E-state index contributed by atoms with van der Waals surface area (Å²) in [5.41, 5.74) is 0.860. The summed E-state index contributed by atoms with van der Waals surface area (Å²) in [7, 11) is -3.77. The molecule has 156 valence electrons. The number of nitrogens with zero attached hydrogens (tertiary/aromatic N) is 1. The van der Waals surface area contributed by atoms with Crippen molar-refractivity contribution in [2.24, 2.45) is 0 Å². The third-order valence-corrected chi connectivity index (χ3v) is 6.38. The van der Waals surface area contributed by atoms with E-state index in [4.69, 9.17) is 4.42 Å². The van der Waals surface area contributed by atoms with Crippen molar-refractivity contribution in [3.05, 3.63) is 88.2 Å². The highest BCUT2D eigenvalue weighted by Crippen LogP contribution is 2.19. The number of nitrogens with one attached hydrogen (secondary N) is 2. The zero-order valence-corrected chi connectivity index (χ0v) is 17.4. The fraction of sp³-hybridized carbons (Fsp3) is 0. The van der Waals surface area contributed by atoms with Crippen LogP contribution in [0.1, 0.15) is 5.56 Å². The number of hydrogen-bond acceptors (Lipinski definition) is 7. The molecule has 2 aromatic carbocycles. The summed E-state index contributed by atoms with van der Waals surface area (Å²) >= 11 is 1.17. The maximum Gasteiger partial charge on any atom is 0.263 e. The molecule has 10 heteroatoms. The number of amides is 1. The Balaban J connectivity index is 1.44. The molecule has 0 aliphatic carbocycles. The summed E-state index contributed by atoms with van der Waals surface area (Å²) in [6.07, 6.45) is 5.36. The molecule has 0 bridgehead atoms. The summed E-state index contributed by atoms with van der Waals surface area (Å²) < 4.78 is 32.5. The van der Waals surface area contributed by atoms with E-state index in [1.165, 1.54) is 60.2 Å². The Bertz CT molecular complexity index is 1420. The molecule has 0 fully saturated rings. The Labute approximate surface area is 180 Å². The number of thiazole rings is 1. The third kappa shape index (κ3) is 4.71. The molecule has 31 heavy (non-hydrogen) atoms. The van der Waals surface area contributed by atoms with Crippen molar-refractivity contribution in [2.45, 2.75) is 4.90 Å². The van der Waals surface area contributed by atoms with Crippen LogP contribution in [-0.2, 0) is 14.8 Å². The van der Waals surface area contributed by atoms with E-state index < -0.39 is 15.9 Å². The molecule has 4 rings (SSSR count). The highest BCUT2D eigenvalue weighted by molar-refractivity contribution is 7.93. The predicted octanol–water partition coefficient (Wildman–Crippen LogP) is 3.70. The molecular formula is C21H15N3O5S2. The number of carbonyl (C=O) groups is 1. The van der Waals surface area contributed by atoms with Crippen LogP contribution in [0, 0.1) is 0 Å². The molecular weight excluding hydrogens is 438 g/mol. The van der Waals surface area contributed by atoms with Gasteiger partial charge in [-0.15, -0.1) is 11.3 Å². The van der Waals surface area contributed by atoms with Crippen molar-refractivity contribution in [1.82, 2.24) is 4.98 Å². The molecule has 2 aromatic heterocycles. The van der Waals surface area contributed by atoms with Gasteiger partial charge in [-0.1, -0.05) is 12.1 Å². The summed E-state index contributed by atoms with van der Waals surface area (Å²) in [5, 5.41) is 4.96. The fourth-order valence-electron chi connectivity index (χ4n) is 2.72. The molecule has 1 amide bonds. The highest BCUT2D eigenvalue weighted by atomic mass is 32.2. The number of aromatic nitrogens is 1. The molecule has 2 N–H and O–H groups in total. The Hall–Kier alpha value is -3.76. The minimum atomic E-state index is -3.77. The average Bonchev–Trinajstić information content (AvgIpc) is 3.26. The Kier molecular flexibility index (Phi) is 5.65. The van der Waals surface area contributed by atoms with Gasteiger partial charge in [-0.05, 0) is 42.5 Å². The second kappa shape index (κ2) is 8.54. The SMILES string of the molecule is O=C(/C=C/c1coc2ccccc2c1=O)Nc1ccc(S(=O)(=O)Nc2nccs2)cc1. The molecule has 0 aliphatic rings. The molecule has 0 radical (unpaired) electrons. The molecule has 0 saturated heterocycles. The predicted molar refractivity (Wildman–Crippen MR) is 120 cm³/mol. The van der Waals surface area contributed by atoms with Gasteiger partial charge in [0.05, 0.1) is 15.8 Å². The molecule has 0 spiro atoms. The van der Waals surface area contributed by atoms with E-state index in [0.717, 1.165) is 0 Å². The van der Waals surface area contributed by atoms with Gasteiger partial charge in [0, 0.05) is 23.3 Å². The summed E-state index contributed by atoms with van der Waals surface area (Å²) in [6.45, 7) is 0. The van der Waals surface area contributed by atoms with Crippen LogP contribution < -0.4 is 15.5 Å². The lowest BCUT2D eigenvalue weighted by Gasteiger charge is -2.07. The van der Waals surface area contributed by atoms with Crippen LogP contribution in [0.15, 0.2) is 86.6 Å². The van der Waals surface area contributed by atoms with E-state index in [-0.39, 0.29) is 21.0 Å². The first-order chi connectivity index (χ1) is 14.9. The maximum absolute atomic E-state index is 12.4. The number of para-hydroxylation sites is 1. The molecule has 0 saturated carbocycles. The van der Waals surface area contributed by atoms with Crippen LogP contribution in [0.5, 0.6) is 0 Å². The number of sulfonamides is 1. The van der Waals surface area contributed by atoms with Crippen LogP contribution in [0.2, 0.25) is 0 Å². The van der Waals surface area contributed by atoms with Crippen LogP contribution in [0.25, 0.3) is 17.0 Å². The molecule has 0 aliphatic heterocycles. The maximum atomic E-state index is 12.4. The Morgan fingerprint density at radius 1 is 1.10 bits per heavy atom.